The monoisotopic (exact) mass is 639 g/mol. The lowest BCUT2D eigenvalue weighted by Gasteiger charge is -2.06. The number of aryl methyl sites for hydroxylation is 2. The molecule has 12 nitrogen and oxygen atoms in total. The number of nitrogens with zero attached hydrogens (tertiary/aromatic N) is 3. The number of hydrogen-bond donors (Lipinski definition) is 5. The van der Waals surface area contributed by atoms with Crippen molar-refractivity contribution < 1.29 is 29.8 Å². The van der Waals surface area contributed by atoms with Gasteiger partial charge in [0.25, 0.3) is 0 Å². The van der Waals surface area contributed by atoms with Gasteiger partial charge in [0.2, 0.25) is 6.54 Å². The van der Waals surface area contributed by atoms with Crippen molar-refractivity contribution in [2.24, 2.45) is 0 Å². The minimum Gasteiger partial charge on any atom is -0.481 e. The summed E-state index contributed by atoms with van der Waals surface area (Å²) in [5.41, 5.74) is 11.7. The smallest absolute Gasteiger partial charge is 0.303 e. The van der Waals surface area contributed by atoms with Crippen LogP contribution in [0.5, 0.6) is 0 Å². The summed E-state index contributed by atoms with van der Waals surface area (Å²) in [6, 6.07) is 7.50. The summed E-state index contributed by atoms with van der Waals surface area (Å²) in [5, 5.41) is 41.5. The third kappa shape index (κ3) is 6.20. The number of allylic oxidation sites excluding steroid dienone is 4. The molecule has 47 heavy (non-hydrogen) atoms. The van der Waals surface area contributed by atoms with Gasteiger partial charge in [0.15, 0.2) is 0 Å². The molecular weight excluding hydrogens is 602 g/mol. The van der Waals surface area contributed by atoms with Gasteiger partial charge in [-0.15, -0.1) is 0 Å². The van der Waals surface area contributed by atoms with Crippen molar-refractivity contribution >= 4 is 56.3 Å². The van der Waals surface area contributed by atoms with Crippen LogP contribution in [0.1, 0.15) is 109 Å². The van der Waals surface area contributed by atoms with Crippen LogP contribution in [0, 0.1) is 24.0 Å². The normalized spacial score (nSPS) is 15.3. The number of H-pyrrole nitrogens is 2. The molecule has 1 aliphatic carbocycles. The number of carboxylic acid groups (broad SMARTS) is 2. The molecule has 2 aliphatic heterocycles. The third-order valence-electron chi connectivity index (χ3n) is 9.45. The number of aliphatic hydroxyl groups is 1. The van der Waals surface area contributed by atoms with Crippen molar-refractivity contribution in [1.29, 1.82) is 0 Å². The second-order valence-electron chi connectivity index (χ2n) is 12.6. The lowest BCUT2D eigenvalue weighted by atomic mass is 9.98. The number of hydrogen-bond acceptors (Lipinski definition) is 7. The number of nitrogens with one attached hydrogen (secondary N) is 2. The van der Waals surface area contributed by atoms with Crippen molar-refractivity contribution in [3.63, 3.8) is 0 Å². The fourth-order valence-electron chi connectivity index (χ4n) is 6.80. The summed E-state index contributed by atoms with van der Waals surface area (Å²) in [6.45, 7) is 6.98. The third-order valence-corrected chi connectivity index (χ3v) is 9.45. The Balaban J connectivity index is 1.73. The minimum absolute atomic E-state index is 0.0714. The average Bonchev–Trinajstić information content (AvgIpc) is 3.53. The molecule has 0 radical (unpaired) electrons. The lowest BCUT2D eigenvalue weighted by molar-refractivity contribution is -0.491. The van der Waals surface area contributed by atoms with Crippen LogP contribution in [-0.2, 0) is 9.59 Å². The molecule has 1 atom stereocenters. The molecule has 0 saturated heterocycles. The van der Waals surface area contributed by atoms with E-state index in [9.17, 15) is 35.0 Å². The number of rotatable bonds is 10. The number of fused-ring (bicyclic) bond motifs is 8. The van der Waals surface area contributed by atoms with Crippen LogP contribution in [0.25, 0.3) is 44.4 Å². The summed E-state index contributed by atoms with van der Waals surface area (Å²) in [6.07, 6.45) is 1.05. The first-order valence-corrected chi connectivity index (χ1v) is 15.7. The SMILES string of the molecule is CC1=C(CCC(=O)O)c2cc3nc(cc4[nH]c(cc5[nH]c(cc1n2)c(C)c5C(O)C[N+](=O)[O-])c(C)c4C1CC1)C(C)=C3CCC(=O)O. The number of nitro groups is 1. The molecular formula is C35H37N5O7. The van der Waals surface area contributed by atoms with Gasteiger partial charge in [-0.3, -0.25) is 19.7 Å². The predicted molar refractivity (Wildman–Crippen MR) is 178 cm³/mol. The summed E-state index contributed by atoms with van der Waals surface area (Å²) >= 11 is 0. The Morgan fingerprint density at radius 2 is 1.32 bits per heavy atom. The molecule has 3 aliphatic rings. The zero-order chi connectivity index (χ0) is 33.7. The van der Waals surface area contributed by atoms with Crippen molar-refractivity contribution in [1.82, 2.24) is 19.9 Å². The van der Waals surface area contributed by atoms with E-state index in [0.717, 1.165) is 57.3 Å². The molecule has 1 saturated carbocycles. The van der Waals surface area contributed by atoms with E-state index >= 15 is 0 Å². The first-order chi connectivity index (χ1) is 22.3. The molecule has 0 amide bonds. The maximum absolute atomic E-state index is 11.6. The zero-order valence-electron chi connectivity index (χ0n) is 26.7. The zero-order valence-corrected chi connectivity index (χ0v) is 26.7. The van der Waals surface area contributed by atoms with Crippen molar-refractivity contribution in [2.45, 2.75) is 78.2 Å². The van der Waals surface area contributed by atoms with Crippen LogP contribution in [0.4, 0.5) is 0 Å². The van der Waals surface area contributed by atoms with Gasteiger partial charge in [-0.2, -0.15) is 0 Å². The second kappa shape index (κ2) is 12.3. The number of aliphatic carboxylic acids is 2. The van der Waals surface area contributed by atoms with E-state index in [1.807, 2.05) is 45.0 Å². The van der Waals surface area contributed by atoms with Crippen molar-refractivity contribution in [3.05, 3.63) is 79.4 Å². The number of aromatic amines is 2. The van der Waals surface area contributed by atoms with Gasteiger partial charge in [-0.25, -0.2) is 9.97 Å². The maximum atomic E-state index is 11.6. The van der Waals surface area contributed by atoms with Gasteiger partial charge in [0.1, 0.15) is 6.10 Å². The molecule has 5 heterocycles. The van der Waals surface area contributed by atoms with E-state index in [0.29, 0.717) is 50.9 Å². The Morgan fingerprint density at radius 3 is 1.83 bits per heavy atom. The van der Waals surface area contributed by atoms with Gasteiger partial charge < -0.3 is 25.3 Å². The molecule has 6 rings (SSSR count). The molecule has 1 unspecified atom stereocenters. The fraction of sp³-hybridized carbons (Fsp3) is 0.371. The average molecular weight is 640 g/mol. The van der Waals surface area contributed by atoms with Crippen molar-refractivity contribution in [3.8, 4) is 0 Å². The molecule has 244 valence electrons. The number of aromatic nitrogens is 4. The van der Waals surface area contributed by atoms with Gasteiger partial charge >= 0.3 is 11.9 Å². The van der Waals surface area contributed by atoms with Gasteiger partial charge in [0.05, 0.1) is 22.8 Å². The number of carbonyl (C=O) groups is 2. The van der Waals surface area contributed by atoms with E-state index in [1.54, 1.807) is 6.92 Å². The summed E-state index contributed by atoms with van der Waals surface area (Å²) < 4.78 is 0. The van der Waals surface area contributed by atoms with E-state index in [-0.39, 0.29) is 25.7 Å². The molecule has 3 aromatic rings. The Labute approximate surface area is 270 Å². The molecule has 0 aromatic carbocycles. The number of carboxylic acids is 2. The second-order valence-corrected chi connectivity index (χ2v) is 12.6. The number of aliphatic hydroxyl groups excluding tert-OH is 1. The van der Waals surface area contributed by atoms with Crippen LogP contribution in [0.3, 0.4) is 0 Å². The molecule has 12 heteroatoms. The van der Waals surface area contributed by atoms with Crippen LogP contribution in [-0.4, -0.2) is 58.7 Å². The first kappa shape index (κ1) is 31.9. The van der Waals surface area contributed by atoms with E-state index < -0.39 is 29.5 Å². The van der Waals surface area contributed by atoms with Gasteiger partial charge in [-0.05, 0) is 123 Å². The highest BCUT2D eigenvalue weighted by atomic mass is 16.6. The highest BCUT2D eigenvalue weighted by Gasteiger charge is 2.29. The highest BCUT2D eigenvalue weighted by Crippen LogP contribution is 2.45. The fourth-order valence-corrected chi connectivity index (χ4v) is 6.80. The Hall–Kier alpha value is -5.10. The van der Waals surface area contributed by atoms with E-state index in [2.05, 4.69) is 9.97 Å². The van der Waals surface area contributed by atoms with Crippen LogP contribution in [0.15, 0.2) is 24.3 Å². The van der Waals surface area contributed by atoms with Crippen LogP contribution < -0.4 is 0 Å². The standard InChI is InChI=1S/C35H37N5O7/c1-16-21(7-9-32(42)43)27-14-28-22(8-10-33(44)45)17(2)24(37-28)12-29-34(20-5-6-20)18(3)26(38-29)13-30-35(31(41)15-40(46)47)19(4)25(39-30)11-23(16)36-27/h11-14,20,31,38-39,41H,5-10,15H2,1-4H3,(H,42,43)(H,44,45). The lowest BCUT2D eigenvalue weighted by Crippen LogP contribution is -2.12. The summed E-state index contributed by atoms with van der Waals surface area (Å²) in [7, 11) is 0. The first-order valence-electron chi connectivity index (χ1n) is 15.7. The van der Waals surface area contributed by atoms with Gasteiger partial charge in [0, 0.05) is 45.4 Å². The maximum Gasteiger partial charge on any atom is 0.303 e. The minimum atomic E-state index is -1.36. The van der Waals surface area contributed by atoms with Crippen molar-refractivity contribution in [2.75, 3.05) is 6.54 Å². The predicted octanol–water partition coefficient (Wildman–Crippen LogP) is 6.71. The molecule has 3 aromatic heterocycles. The molecule has 8 bridgehead atoms. The summed E-state index contributed by atoms with van der Waals surface area (Å²) in [5.74, 6) is -1.49. The largest absolute Gasteiger partial charge is 0.481 e. The Bertz CT molecular complexity index is 2080. The highest BCUT2D eigenvalue weighted by molar-refractivity contribution is 5.96. The van der Waals surface area contributed by atoms with E-state index in [4.69, 9.17) is 9.97 Å². The van der Waals surface area contributed by atoms with Crippen LogP contribution in [0.2, 0.25) is 0 Å². The molecule has 0 spiro atoms. The Morgan fingerprint density at radius 1 is 0.809 bits per heavy atom. The quantitative estimate of drug-likeness (QED) is 0.118. The van der Waals surface area contributed by atoms with Gasteiger partial charge in [-0.1, -0.05) is 0 Å². The van der Waals surface area contributed by atoms with E-state index in [1.165, 1.54) is 0 Å². The topological polar surface area (TPSA) is 195 Å². The summed E-state index contributed by atoms with van der Waals surface area (Å²) in [4.78, 5) is 50.9. The Kier molecular flexibility index (Phi) is 8.31. The molecule has 5 N–H and O–H groups in total. The van der Waals surface area contributed by atoms with Crippen LogP contribution >= 0.6 is 0 Å². The molecule has 1 fully saturated rings.